The summed E-state index contributed by atoms with van der Waals surface area (Å²) in [6, 6.07) is 11.9. The number of hydrogen-bond acceptors (Lipinski definition) is 4. The number of carbonyl (C=O) groups is 2. The van der Waals surface area contributed by atoms with Gasteiger partial charge in [-0.05, 0) is 35.4 Å². The fraction of sp³-hybridized carbons (Fsp3) is 0.368. The van der Waals surface area contributed by atoms with Crippen LogP contribution in [0.1, 0.15) is 48.7 Å². The molecule has 25 heavy (non-hydrogen) atoms. The number of urea groups is 1. The van der Waals surface area contributed by atoms with Crippen molar-refractivity contribution < 1.29 is 9.59 Å². The maximum absolute atomic E-state index is 11.9. The molecule has 1 heterocycles. The van der Waals surface area contributed by atoms with E-state index in [1.54, 1.807) is 18.3 Å². The highest BCUT2D eigenvalue weighted by Crippen LogP contribution is 2.27. The molecule has 2 rings (SSSR count). The summed E-state index contributed by atoms with van der Waals surface area (Å²) in [6.45, 7) is 6.67. The maximum Gasteiger partial charge on any atom is 0.321 e. The Morgan fingerprint density at radius 1 is 1.08 bits per heavy atom. The van der Waals surface area contributed by atoms with Crippen LogP contribution in [0.15, 0.2) is 41.8 Å². The fourth-order valence-electron chi connectivity index (χ4n) is 2.48. The van der Waals surface area contributed by atoms with E-state index in [1.165, 1.54) is 5.56 Å². The van der Waals surface area contributed by atoms with Gasteiger partial charge in [-0.25, -0.2) is 4.79 Å². The van der Waals surface area contributed by atoms with Gasteiger partial charge in [-0.3, -0.25) is 15.4 Å². The standard InChI is InChI=1S/C19H25N3O2S/c1-4-20-19(24)22-17(23)12-21-18(16-6-5-11-25-16)15-9-7-14(8-10-15)13(2)3/h5-11,13,18,21H,4,12H2,1-3H3,(H2,20,22,23,24)/t18-/m0/s1. The van der Waals surface area contributed by atoms with Crippen molar-refractivity contribution in [1.82, 2.24) is 16.0 Å². The molecule has 3 N–H and O–H groups in total. The Balaban J connectivity index is 2.07. The van der Waals surface area contributed by atoms with Crippen LogP contribution >= 0.6 is 11.3 Å². The number of benzene rings is 1. The molecule has 0 aliphatic heterocycles. The highest BCUT2D eigenvalue weighted by Gasteiger charge is 2.17. The first-order valence-electron chi connectivity index (χ1n) is 8.45. The summed E-state index contributed by atoms with van der Waals surface area (Å²) < 4.78 is 0. The predicted molar refractivity (Wildman–Crippen MR) is 102 cm³/mol. The lowest BCUT2D eigenvalue weighted by molar-refractivity contribution is -0.119. The van der Waals surface area contributed by atoms with E-state index in [1.807, 2.05) is 17.5 Å². The molecule has 0 aliphatic carbocycles. The van der Waals surface area contributed by atoms with Gasteiger partial charge in [0.15, 0.2) is 0 Å². The summed E-state index contributed by atoms with van der Waals surface area (Å²) in [5, 5.41) is 10.1. The molecule has 6 heteroatoms. The second-order valence-corrected chi connectivity index (χ2v) is 7.04. The van der Waals surface area contributed by atoms with Crippen molar-refractivity contribution in [3.05, 3.63) is 57.8 Å². The molecule has 0 saturated carbocycles. The van der Waals surface area contributed by atoms with Gasteiger partial charge in [0.2, 0.25) is 5.91 Å². The normalized spacial score (nSPS) is 12.0. The van der Waals surface area contributed by atoms with Gasteiger partial charge < -0.3 is 5.32 Å². The Morgan fingerprint density at radius 3 is 2.32 bits per heavy atom. The minimum atomic E-state index is -0.469. The zero-order valence-corrected chi connectivity index (χ0v) is 15.7. The van der Waals surface area contributed by atoms with Crippen molar-refractivity contribution in [1.29, 1.82) is 0 Å². The van der Waals surface area contributed by atoms with E-state index in [0.717, 1.165) is 10.4 Å². The van der Waals surface area contributed by atoms with E-state index < -0.39 is 6.03 Å². The number of amides is 3. The van der Waals surface area contributed by atoms with Gasteiger partial charge in [0, 0.05) is 11.4 Å². The Hall–Kier alpha value is -2.18. The van der Waals surface area contributed by atoms with Crippen molar-refractivity contribution in [3.63, 3.8) is 0 Å². The molecule has 0 spiro atoms. The maximum atomic E-state index is 11.9. The van der Waals surface area contributed by atoms with Gasteiger partial charge in [-0.15, -0.1) is 11.3 Å². The lowest BCUT2D eigenvalue weighted by Gasteiger charge is -2.18. The number of carbonyl (C=O) groups excluding carboxylic acids is 2. The molecule has 0 bridgehead atoms. The summed E-state index contributed by atoms with van der Waals surface area (Å²) in [4.78, 5) is 24.5. The van der Waals surface area contributed by atoms with Crippen LogP contribution in [-0.4, -0.2) is 25.0 Å². The molecule has 0 fully saturated rings. The van der Waals surface area contributed by atoms with Gasteiger partial charge in [-0.2, -0.15) is 0 Å². The van der Waals surface area contributed by atoms with Gasteiger partial charge in [0.05, 0.1) is 12.6 Å². The highest BCUT2D eigenvalue weighted by molar-refractivity contribution is 7.10. The van der Waals surface area contributed by atoms with Crippen molar-refractivity contribution >= 4 is 23.3 Å². The number of thiophene rings is 1. The fourth-order valence-corrected chi connectivity index (χ4v) is 3.31. The van der Waals surface area contributed by atoms with E-state index in [4.69, 9.17) is 0 Å². The summed E-state index contributed by atoms with van der Waals surface area (Å²) in [5.41, 5.74) is 2.38. The van der Waals surface area contributed by atoms with Gasteiger partial charge in [-0.1, -0.05) is 44.2 Å². The molecule has 1 atom stereocenters. The second kappa shape index (κ2) is 9.34. The summed E-state index contributed by atoms with van der Waals surface area (Å²) in [6.07, 6.45) is 0. The van der Waals surface area contributed by atoms with Crippen molar-refractivity contribution in [2.75, 3.05) is 13.1 Å². The van der Waals surface area contributed by atoms with Crippen LogP contribution < -0.4 is 16.0 Å². The highest BCUT2D eigenvalue weighted by atomic mass is 32.1. The van der Waals surface area contributed by atoms with Gasteiger partial charge in [0.25, 0.3) is 0 Å². The second-order valence-electron chi connectivity index (χ2n) is 6.06. The third-order valence-electron chi connectivity index (χ3n) is 3.82. The SMILES string of the molecule is CCNC(=O)NC(=O)CN[C@@H](c1ccc(C(C)C)cc1)c1cccs1. The first kappa shape index (κ1) is 19.1. The molecule has 0 aliphatic rings. The van der Waals surface area contributed by atoms with Gasteiger partial charge in [0.1, 0.15) is 0 Å². The van der Waals surface area contributed by atoms with E-state index in [-0.39, 0.29) is 18.5 Å². The third kappa shape index (κ3) is 5.69. The summed E-state index contributed by atoms with van der Waals surface area (Å²) in [7, 11) is 0. The molecule has 2 aromatic rings. The average Bonchev–Trinajstić information content (AvgIpc) is 3.10. The zero-order chi connectivity index (χ0) is 18.2. The molecule has 1 aromatic carbocycles. The first-order chi connectivity index (χ1) is 12.0. The van der Waals surface area contributed by atoms with Crippen LogP contribution in [0, 0.1) is 0 Å². The topological polar surface area (TPSA) is 70.2 Å². The van der Waals surface area contributed by atoms with Crippen LogP contribution in [-0.2, 0) is 4.79 Å². The van der Waals surface area contributed by atoms with Crippen LogP contribution in [0.4, 0.5) is 4.79 Å². The quantitative estimate of drug-likeness (QED) is 0.710. The minimum absolute atomic E-state index is 0.0611. The lowest BCUT2D eigenvalue weighted by Crippen LogP contribution is -2.43. The summed E-state index contributed by atoms with van der Waals surface area (Å²) in [5.74, 6) is 0.122. The molecule has 3 amide bonds. The summed E-state index contributed by atoms with van der Waals surface area (Å²) >= 11 is 1.64. The van der Waals surface area contributed by atoms with Crippen molar-refractivity contribution in [2.45, 2.75) is 32.7 Å². The van der Waals surface area contributed by atoms with Crippen molar-refractivity contribution in [2.24, 2.45) is 0 Å². The van der Waals surface area contributed by atoms with Crippen LogP contribution in [0.3, 0.4) is 0 Å². The molecule has 5 nitrogen and oxygen atoms in total. The van der Waals surface area contributed by atoms with Gasteiger partial charge >= 0.3 is 6.03 Å². The number of rotatable bonds is 7. The van der Waals surface area contributed by atoms with E-state index in [2.05, 4.69) is 54.1 Å². The van der Waals surface area contributed by atoms with Crippen molar-refractivity contribution in [3.8, 4) is 0 Å². The molecule has 1 aromatic heterocycles. The smallest absolute Gasteiger partial charge is 0.321 e. The number of imide groups is 1. The monoisotopic (exact) mass is 359 g/mol. The van der Waals surface area contributed by atoms with E-state index >= 15 is 0 Å². The van der Waals surface area contributed by atoms with Crippen LogP contribution in [0.2, 0.25) is 0 Å². The predicted octanol–water partition coefficient (Wildman–Crippen LogP) is 3.40. The Kier molecular flexibility index (Phi) is 7.16. The van der Waals surface area contributed by atoms with Crippen LogP contribution in [0.5, 0.6) is 0 Å². The number of hydrogen-bond donors (Lipinski definition) is 3. The first-order valence-corrected chi connectivity index (χ1v) is 9.33. The molecular formula is C19H25N3O2S. The zero-order valence-electron chi connectivity index (χ0n) is 14.8. The third-order valence-corrected chi connectivity index (χ3v) is 4.76. The number of nitrogens with one attached hydrogen (secondary N) is 3. The largest absolute Gasteiger partial charge is 0.338 e. The Bertz CT molecular complexity index is 681. The van der Waals surface area contributed by atoms with E-state index in [0.29, 0.717) is 12.5 Å². The molecule has 0 unspecified atom stereocenters. The molecule has 0 radical (unpaired) electrons. The lowest BCUT2D eigenvalue weighted by atomic mass is 9.98. The molecule has 0 saturated heterocycles. The Labute approximate surface area is 152 Å². The minimum Gasteiger partial charge on any atom is -0.338 e. The Morgan fingerprint density at radius 2 is 1.76 bits per heavy atom. The average molecular weight is 359 g/mol. The van der Waals surface area contributed by atoms with Crippen LogP contribution in [0.25, 0.3) is 0 Å². The van der Waals surface area contributed by atoms with E-state index in [9.17, 15) is 9.59 Å². The molecular weight excluding hydrogens is 334 g/mol. The molecule has 134 valence electrons.